The zero-order valence-electron chi connectivity index (χ0n) is 7.65. The van der Waals surface area contributed by atoms with Crippen LogP contribution >= 0.6 is 0 Å². The lowest BCUT2D eigenvalue weighted by Crippen LogP contribution is -2.33. The molecule has 1 saturated heterocycles. The van der Waals surface area contributed by atoms with E-state index in [1.165, 1.54) is 4.31 Å². The highest BCUT2D eigenvalue weighted by Gasteiger charge is 2.28. The van der Waals surface area contributed by atoms with E-state index in [0.29, 0.717) is 19.5 Å². The number of hydrogen-bond donors (Lipinski definition) is 1. The SMILES string of the molecule is C=CCCS(=O)(=O)N1CCC(N)C1. The van der Waals surface area contributed by atoms with E-state index in [1.807, 2.05) is 0 Å². The van der Waals surface area contributed by atoms with Crippen LogP contribution in [0.15, 0.2) is 12.7 Å². The summed E-state index contributed by atoms with van der Waals surface area (Å²) in [6.07, 6.45) is 2.90. The quantitative estimate of drug-likeness (QED) is 0.652. The van der Waals surface area contributed by atoms with Crippen molar-refractivity contribution in [1.82, 2.24) is 4.31 Å². The Bertz CT molecular complexity index is 274. The summed E-state index contributed by atoms with van der Waals surface area (Å²) in [6, 6.07) is 0.0125. The molecule has 5 heteroatoms. The van der Waals surface area contributed by atoms with Crippen LogP contribution in [0.4, 0.5) is 0 Å². The van der Waals surface area contributed by atoms with Gasteiger partial charge in [-0.3, -0.25) is 0 Å². The molecule has 0 aliphatic carbocycles. The van der Waals surface area contributed by atoms with Gasteiger partial charge >= 0.3 is 0 Å². The molecule has 1 unspecified atom stereocenters. The van der Waals surface area contributed by atoms with Gasteiger partial charge in [-0.1, -0.05) is 6.08 Å². The summed E-state index contributed by atoms with van der Waals surface area (Å²) in [5.41, 5.74) is 5.62. The Morgan fingerprint density at radius 1 is 1.62 bits per heavy atom. The highest BCUT2D eigenvalue weighted by atomic mass is 32.2. The summed E-state index contributed by atoms with van der Waals surface area (Å²) >= 11 is 0. The smallest absolute Gasteiger partial charge is 0.214 e. The zero-order valence-corrected chi connectivity index (χ0v) is 8.46. The van der Waals surface area contributed by atoms with E-state index in [9.17, 15) is 8.42 Å². The predicted octanol–water partition coefficient (Wildman–Crippen LogP) is -0.0747. The van der Waals surface area contributed by atoms with Crippen LogP contribution in [0.3, 0.4) is 0 Å². The molecule has 0 radical (unpaired) electrons. The van der Waals surface area contributed by atoms with Crippen LogP contribution in [-0.4, -0.2) is 37.6 Å². The molecule has 0 saturated carbocycles. The monoisotopic (exact) mass is 204 g/mol. The van der Waals surface area contributed by atoms with E-state index < -0.39 is 10.0 Å². The molecule has 0 aromatic rings. The molecule has 1 heterocycles. The molecule has 0 aromatic carbocycles. The van der Waals surface area contributed by atoms with Gasteiger partial charge in [0.15, 0.2) is 0 Å². The van der Waals surface area contributed by atoms with Gasteiger partial charge in [-0.05, 0) is 12.8 Å². The summed E-state index contributed by atoms with van der Waals surface area (Å²) < 4.78 is 24.6. The highest BCUT2D eigenvalue weighted by molar-refractivity contribution is 7.89. The zero-order chi connectivity index (χ0) is 9.90. The summed E-state index contributed by atoms with van der Waals surface area (Å²) in [5, 5.41) is 0. The lowest BCUT2D eigenvalue weighted by molar-refractivity contribution is 0.472. The molecule has 1 rings (SSSR count). The first-order valence-electron chi connectivity index (χ1n) is 4.40. The number of hydrogen-bond acceptors (Lipinski definition) is 3. The van der Waals surface area contributed by atoms with Crippen LogP contribution in [0.2, 0.25) is 0 Å². The minimum Gasteiger partial charge on any atom is -0.326 e. The van der Waals surface area contributed by atoms with E-state index in [-0.39, 0.29) is 11.8 Å². The van der Waals surface area contributed by atoms with Crippen molar-refractivity contribution in [3.8, 4) is 0 Å². The van der Waals surface area contributed by atoms with Gasteiger partial charge in [-0.25, -0.2) is 12.7 Å². The molecule has 0 bridgehead atoms. The second-order valence-electron chi connectivity index (χ2n) is 3.30. The van der Waals surface area contributed by atoms with Gasteiger partial charge in [0.2, 0.25) is 10.0 Å². The third-order valence-electron chi connectivity index (χ3n) is 2.16. The number of rotatable bonds is 4. The van der Waals surface area contributed by atoms with Crippen LogP contribution in [0.25, 0.3) is 0 Å². The van der Waals surface area contributed by atoms with Crippen LogP contribution in [0, 0.1) is 0 Å². The van der Waals surface area contributed by atoms with Gasteiger partial charge in [-0.2, -0.15) is 0 Å². The average molecular weight is 204 g/mol. The normalized spacial score (nSPS) is 24.8. The number of sulfonamides is 1. The summed E-state index contributed by atoms with van der Waals surface area (Å²) in [6.45, 7) is 4.54. The Kier molecular flexibility index (Phi) is 3.47. The highest BCUT2D eigenvalue weighted by Crippen LogP contribution is 2.13. The second kappa shape index (κ2) is 4.21. The molecule has 0 aromatic heterocycles. The Morgan fingerprint density at radius 2 is 2.31 bits per heavy atom. The molecule has 0 amide bonds. The van der Waals surface area contributed by atoms with Crippen LogP contribution in [0.5, 0.6) is 0 Å². The molecule has 4 nitrogen and oxygen atoms in total. The van der Waals surface area contributed by atoms with E-state index in [2.05, 4.69) is 6.58 Å². The molecule has 1 atom stereocenters. The first-order valence-corrected chi connectivity index (χ1v) is 6.01. The standard InChI is InChI=1S/C8H16N2O2S/c1-2-3-6-13(11,12)10-5-4-8(9)7-10/h2,8H,1,3-7,9H2. The fraction of sp³-hybridized carbons (Fsp3) is 0.750. The minimum atomic E-state index is -3.07. The second-order valence-corrected chi connectivity index (χ2v) is 5.39. The maximum atomic E-state index is 11.6. The Hall–Kier alpha value is -0.390. The largest absolute Gasteiger partial charge is 0.326 e. The Balaban J connectivity index is 2.54. The van der Waals surface area contributed by atoms with Crippen molar-refractivity contribution in [2.45, 2.75) is 18.9 Å². The van der Waals surface area contributed by atoms with Gasteiger partial charge in [0, 0.05) is 19.1 Å². The molecule has 1 aliphatic rings. The molecule has 13 heavy (non-hydrogen) atoms. The van der Waals surface area contributed by atoms with Gasteiger partial charge in [-0.15, -0.1) is 6.58 Å². The van der Waals surface area contributed by atoms with Crippen molar-refractivity contribution in [2.24, 2.45) is 5.73 Å². The van der Waals surface area contributed by atoms with Crippen molar-refractivity contribution in [2.75, 3.05) is 18.8 Å². The van der Waals surface area contributed by atoms with Crippen LogP contribution < -0.4 is 5.73 Å². The average Bonchev–Trinajstić information content (AvgIpc) is 2.49. The van der Waals surface area contributed by atoms with Gasteiger partial charge in [0.1, 0.15) is 0 Å². The van der Waals surface area contributed by atoms with E-state index in [0.717, 1.165) is 6.42 Å². The van der Waals surface area contributed by atoms with Crippen molar-refractivity contribution >= 4 is 10.0 Å². The number of allylic oxidation sites excluding steroid dienone is 1. The van der Waals surface area contributed by atoms with Gasteiger partial charge < -0.3 is 5.73 Å². The maximum absolute atomic E-state index is 11.6. The van der Waals surface area contributed by atoms with Crippen molar-refractivity contribution in [3.05, 3.63) is 12.7 Å². The molecule has 76 valence electrons. The van der Waals surface area contributed by atoms with Crippen LogP contribution in [0.1, 0.15) is 12.8 Å². The lowest BCUT2D eigenvalue weighted by atomic mass is 10.3. The van der Waals surface area contributed by atoms with Crippen molar-refractivity contribution in [1.29, 1.82) is 0 Å². The van der Waals surface area contributed by atoms with Gasteiger partial charge in [0.05, 0.1) is 5.75 Å². The first kappa shape index (κ1) is 10.7. The Morgan fingerprint density at radius 3 is 2.77 bits per heavy atom. The Labute approximate surface area is 79.5 Å². The van der Waals surface area contributed by atoms with Crippen LogP contribution in [-0.2, 0) is 10.0 Å². The molecule has 1 fully saturated rings. The summed E-state index contributed by atoms with van der Waals surface area (Å²) in [7, 11) is -3.07. The summed E-state index contributed by atoms with van der Waals surface area (Å²) in [4.78, 5) is 0. The van der Waals surface area contributed by atoms with Gasteiger partial charge in [0.25, 0.3) is 0 Å². The number of nitrogens with zero attached hydrogens (tertiary/aromatic N) is 1. The fourth-order valence-electron chi connectivity index (χ4n) is 1.37. The van der Waals surface area contributed by atoms with E-state index >= 15 is 0 Å². The van der Waals surface area contributed by atoms with E-state index in [4.69, 9.17) is 5.73 Å². The molecule has 0 spiro atoms. The molecule has 2 N–H and O–H groups in total. The summed E-state index contributed by atoms with van der Waals surface area (Å²) in [5.74, 6) is 0.156. The maximum Gasteiger partial charge on any atom is 0.214 e. The van der Waals surface area contributed by atoms with E-state index in [1.54, 1.807) is 6.08 Å². The molecular weight excluding hydrogens is 188 g/mol. The third kappa shape index (κ3) is 2.79. The topological polar surface area (TPSA) is 63.4 Å². The predicted molar refractivity (Wildman–Crippen MR) is 52.8 cm³/mol. The minimum absolute atomic E-state index is 0.0125. The first-order chi connectivity index (χ1) is 6.06. The van der Waals surface area contributed by atoms with Crippen molar-refractivity contribution in [3.63, 3.8) is 0 Å². The number of nitrogens with two attached hydrogens (primary N) is 1. The molecular formula is C8H16N2O2S. The third-order valence-corrected chi connectivity index (χ3v) is 4.03. The lowest BCUT2D eigenvalue weighted by Gasteiger charge is -2.14. The molecule has 1 aliphatic heterocycles. The van der Waals surface area contributed by atoms with Crippen molar-refractivity contribution < 1.29 is 8.42 Å². The fourth-order valence-corrected chi connectivity index (χ4v) is 2.89.